The number of carbonyl (C=O) groups is 1. The minimum atomic E-state index is -0.787. The van der Waals surface area contributed by atoms with E-state index in [1.807, 2.05) is 4.68 Å². The van der Waals surface area contributed by atoms with Gasteiger partial charge in [0.25, 0.3) is 0 Å². The van der Waals surface area contributed by atoms with E-state index in [4.69, 9.17) is 5.11 Å². The molecule has 0 aliphatic heterocycles. The SMILES string of the molecule is CC(C)(C)n1nc(C2CC2)cc1SCC(=O)O. The molecular formula is C12H18N2O2S. The third-order valence-electron chi connectivity index (χ3n) is 2.67. The summed E-state index contributed by atoms with van der Waals surface area (Å²) in [7, 11) is 0. The maximum atomic E-state index is 10.6. The summed E-state index contributed by atoms with van der Waals surface area (Å²) in [5.41, 5.74) is 1.02. The van der Waals surface area contributed by atoms with E-state index in [0.29, 0.717) is 5.92 Å². The van der Waals surface area contributed by atoms with Gasteiger partial charge in [-0.15, -0.1) is 0 Å². The Morgan fingerprint density at radius 3 is 2.71 bits per heavy atom. The van der Waals surface area contributed by atoms with Crippen LogP contribution in [-0.2, 0) is 10.3 Å². The van der Waals surface area contributed by atoms with Crippen LogP contribution in [0.4, 0.5) is 0 Å². The molecule has 1 saturated carbocycles. The summed E-state index contributed by atoms with van der Waals surface area (Å²) in [6.07, 6.45) is 2.42. The van der Waals surface area contributed by atoms with Crippen molar-refractivity contribution in [2.75, 3.05) is 5.75 Å². The van der Waals surface area contributed by atoms with Crippen molar-refractivity contribution in [2.24, 2.45) is 0 Å². The lowest BCUT2D eigenvalue weighted by atomic mass is 10.1. The van der Waals surface area contributed by atoms with Crippen LogP contribution in [0.15, 0.2) is 11.1 Å². The summed E-state index contributed by atoms with van der Waals surface area (Å²) in [5, 5.41) is 14.3. The van der Waals surface area contributed by atoms with Gasteiger partial charge in [-0.2, -0.15) is 5.10 Å². The molecule has 0 radical (unpaired) electrons. The van der Waals surface area contributed by atoms with Gasteiger partial charge in [0.1, 0.15) is 0 Å². The molecule has 17 heavy (non-hydrogen) atoms. The highest BCUT2D eigenvalue weighted by Gasteiger charge is 2.29. The van der Waals surface area contributed by atoms with Gasteiger partial charge >= 0.3 is 5.97 Å². The molecule has 1 aromatic heterocycles. The van der Waals surface area contributed by atoms with E-state index >= 15 is 0 Å². The summed E-state index contributed by atoms with van der Waals surface area (Å²) in [6.45, 7) is 6.25. The number of carboxylic acids is 1. The number of aromatic nitrogens is 2. The summed E-state index contributed by atoms with van der Waals surface area (Å²) < 4.78 is 1.95. The van der Waals surface area contributed by atoms with Crippen LogP contribution in [0.5, 0.6) is 0 Å². The van der Waals surface area contributed by atoms with E-state index in [1.54, 1.807) is 0 Å². The second-order valence-corrected chi connectivity index (χ2v) is 6.44. The zero-order valence-corrected chi connectivity index (χ0v) is 11.3. The van der Waals surface area contributed by atoms with Crippen LogP contribution in [0.1, 0.15) is 45.2 Å². The van der Waals surface area contributed by atoms with Gasteiger partial charge in [-0.25, -0.2) is 0 Å². The Labute approximate surface area is 105 Å². The number of thioether (sulfide) groups is 1. The lowest BCUT2D eigenvalue weighted by molar-refractivity contribution is -0.133. The predicted molar refractivity (Wildman–Crippen MR) is 67.6 cm³/mol. The molecular weight excluding hydrogens is 236 g/mol. The standard InChI is InChI=1S/C12H18N2O2S/c1-12(2,3)14-10(17-7-11(15)16)6-9(13-14)8-4-5-8/h6,8H,4-5,7H2,1-3H3,(H,15,16). The summed E-state index contributed by atoms with van der Waals surface area (Å²) in [5.74, 6) is -0.0984. The van der Waals surface area contributed by atoms with E-state index in [2.05, 4.69) is 31.9 Å². The van der Waals surface area contributed by atoms with Crippen molar-refractivity contribution in [3.63, 3.8) is 0 Å². The van der Waals surface area contributed by atoms with Gasteiger partial charge in [0.15, 0.2) is 0 Å². The van der Waals surface area contributed by atoms with Gasteiger partial charge in [0.05, 0.1) is 22.0 Å². The molecule has 0 bridgehead atoms. The Morgan fingerprint density at radius 1 is 1.59 bits per heavy atom. The Morgan fingerprint density at radius 2 is 2.24 bits per heavy atom. The van der Waals surface area contributed by atoms with E-state index in [1.165, 1.54) is 24.6 Å². The number of aliphatic carboxylic acids is 1. The van der Waals surface area contributed by atoms with Crippen LogP contribution in [0.3, 0.4) is 0 Å². The van der Waals surface area contributed by atoms with Crippen molar-refractivity contribution in [1.29, 1.82) is 0 Å². The fourth-order valence-electron chi connectivity index (χ4n) is 1.68. The molecule has 0 unspecified atom stereocenters. The van der Waals surface area contributed by atoms with Crippen LogP contribution in [-0.4, -0.2) is 26.6 Å². The second-order valence-electron chi connectivity index (χ2n) is 5.45. The second kappa shape index (κ2) is 4.37. The van der Waals surface area contributed by atoms with Crippen LogP contribution < -0.4 is 0 Å². The largest absolute Gasteiger partial charge is 0.481 e. The molecule has 1 aliphatic carbocycles. The Balaban J connectivity index is 2.24. The summed E-state index contributed by atoms with van der Waals surface area (Å²) in [4.78, 5) is 10.6. The van der Waals surface area contributed by atoms with Crippen LogP contribution >= 0.6 is 11.8 Å². The number of rotatable bonds is 4. The summed E-state index contributed by atoms with van der Waals surface area (Å²) >= 11 is 1.35. The molecule has 1 fully saturated rings. The van der Waals surface area contributed by atoms with Crippen LogP contribution in [0.2, 0.25) is 0 Å². The van der Waals surface area contributed by atoms with Crippen LogP contribution in [0.25, 0.3) is 0 Å². The molecule has 1 aliphatic rings. The van der Waals surface area contributed by atoms with Crippen molar-refractivity contribution < 1.29 is 9.90 Å². The molecule has 1 heterocycles. The van der Waals surface area contributed by atoms with Gasteiger partial charge in [0, 0.05) is 5.92 Å². The molecule has 94 valence electrons. The quantitative estimate of drug-likeness (QED) is 0.839. The van der Waals surface area contributed by atoms with Crippen LogP contribution in [0, 0.1) is 0 Å². The summed E-state index contributed by atoms with van der Waals surface area (Å²) in [6, 6.07) is 2.05. The molecule has 4 nitrogen and oxygen atoms in total. The van der Waals surface area contributed by atoms with E-state index in [0.717, 1.165) is 10.7 Å². The van der Waals surface area contributed by atoms with Crippen molar-refractivity contribution in [2.45, 2.75) is 50.1 Å². The van der Waals surface area contributed by atoms with Gasteiger partial charge in [-0.3, -0.25) is 9.48 Å². The van der Waals surface area contributed by atoms with Gasteiger partial charge in [-0.05, 0) is 39.7 Å². The zero-order valence-electron chi connectivity index (χ0n) is 10.4. The first-order valence-electron chi connectivity index (χ1n) is 5.83. The topological polar surface area (TPSA) is 55.1 Å². The van der Waals surface area contributed by atoms with Gasteiger partial charge in [0.2, 0.25) is 0 Å². The number of carboxylic acid groups (broad SMARTS) is 1. The van der Waals surface area contributed by atoms with E-state index in [-0.39, 0.29) is 11.3 Å². The molecule has 5 heteroatoms. The fraction of sp³-hybridized carbons (Fsp3) is 0.667. The predicted octanol–water partition coefficient (Wildman–Crippen LogP) is 2.69. The number of hydrogen-bond donors (Lipinski definition) is 1. The molecule has 0 saturated heterocycles. The third-order valence-corrected chi connectivity index (χ3v) is 3.65. The number of nitrogens with zero attached hydrogens (tertiary/aromatic N) is 2. The first-order valence-corrected chi connectivity index (χ1v) is 6.81. The number of hydrogen-bond acceptors (Lipinski definition) is 3. The molecule has 0 aromatic carbocycles. The Bertz CT molecular complexity index is 430. The van der Waals surface area contributed by atoms with Gasteiger partial charge in [-0.1, -0.05) is 11.8 Å². The maximum absolute atomic E-state index is 10.6. The fourth-order valence-corrected chi connectivity index (χ4v) is 2.59. The highest BCUT2D eigenvalue weighted by molar-refractivity contribution is 7.99. The molecule has 0 amide bonds. The molecule has 0 atom stereocenters. The highest BCUT2D eigenvalue weighted by Crippen LogP contribution is 2.41. The van der Waals surface area contributed by atoms with Crippen molar-refractivity contribution in [3.8, 4) is 0 Å². The molecule has 1 aromatic rings. The molecule has 1 N–H and O–H groups in total. The molecule has 0 spiro atoms. The minimum Gasteiger partial charge on any atom is -0.481 e. The van der Waals surface area contributed by atoms with E-state index < -0.39 is 5.97 Å². The zero-order chi connectivity index (χ0) is 12.6. The molecule has 2 rings (SSSR count). The average molecular weight is 254 g/mol. The normalized spacial score (nSPS) is 16.2. The van der Waals surface area contributed by atoms with E-state index in [9.17, 15) is 4.79 Å². The average Bonchev–Trinajstić information content (AvgIpc) is 2.94. The lowest BCUT2D eigenvalue weighted by Gasteiger charge is -2.21. The third kappa shape index (κ3) is 3.03. The van der Waals surface area contributed by atoms with Crippen molar-refractivity contribution in [1.82, 2.24) is 9.78 Å². The Kier molecular flexibility index (Phi) is 3.21. The first-order chi connectivity index (χ1) is 7.88. The lowest BCUT2D eigenvalue weighted by Crippen LogP contribution is -2.24. The minimum absolute atomic E-state index is 0.0892. The van der Waals surface area contributed by atoms with Crippen molar-refractivity contribution >= 4 is 17.7 Å². The monoisotopic (exact) mass is 254 g/mol. The first kappa shape index (κ1) is 12.5. The Hall–Kier alpha value is -0.970. The maximum Gasteiger partial charge on any atom is 0.313 e. The highest BCUT2D eigenvalue weighted by atomic mass is 32.2. The smallest absolute Gasteiger partial charge is 0.313 e. The van der Waals surface area contributed by atoms with Gasteiger partial charge < -0.3 is 5.11 Å². The van der Waals surface area contributed by atoms with Crippen molar-refractivity contribution in [3.05, 3.63) is 11.8 Å².